The van der Waals surface area contributed by atoms with Gasteiger partial charge in [-0.15, -0.1) is 0 Å². The first kappa shape index (κ1) is 21.0. The van der Waals surface area contributed by atoms with Crippen molar-refractivity contribution in [3.05, 3.63) is 93.2 Å². The SMILES string of the molecule is CCc1ccccc1NC(=O)Cn1c(C)nc2c(c1=O)CCN(Cc1ccccc1)C2. The van der Waals surface area contributed by atoms with Crippen molar-refractivity contribution in [1.82, 2.24) is 14.5 Å². The number of nitrogens with one attached hydrogen (secondary N) is 1. The van der Waals surface area contributed by atoms with E-state index >= 15 is 0 Å². The van der Waals surface area contributed by atoms with Gasteiger partial charge in [0.15, 0.2) is 0 Å². The summed E-state index contributed by atoms with van der Waals surface area (Å²) in [5.74, 6) is 0.360. The van der Waals surface area contributed by atoms with E-state index in [4.69, 9.17) is 4.98 Å². The highest BCUT2D eigenvalue weighted by Gasteiger charge is 2.23. The van der Waals surface area contributed by atoms with E-state index in [-0.39, 0.29) is 18.0 Å². The smallest absolute Gasteiger partial charge is 0.257 e. The van der Waals surface area contributed by atoms with Crippen LogP contribution in [0.25, 0.3) is 0 Å². The topological polar surface area (TPSA) is 67.2 Å². The Balaban J connectivity index is 1.50. The summed E-state index contributed by atoms with van der Waals surface area (Å²) in [6.45, 7) is 6.11. The minimum absolute atomic E-state index is 0.0310. The van der Waals surface area contributed by atoms with E-state index in [1.165, 1.54) is 10.1 Å². The molecule has 160 valence electrons. The molecule has 31 heavy (non-hydrogen) atoms. The van der Waals surface area contributed by atoms with Gasteiger partial charge in [-0.05, 0) is 37.0 Å². The standard InChI is InChI=1S/C25H28N4O2/c1-3-20-11-7-8-12-22(20)27-24(30)17-29-18(2)26-23-16-28(14-13-21(23)25(29)31)15-19-9-5-4-6-10-19/h4-12H,3,13-17H2,1-2H3,(H,27,30). The molecule has 0 bridgehead atoms. The molecule has 1 aliphatic heterocycles. The lowest BCUT2D eigenvalue weighted by atomic mass is 10.1. The lowest BCUT2D eigenvalue weighted by molar-refractivity contribution is -0.116. The zero-order valence-corrected chi connectivity index (χ0v) is 18.1. The Morgan fingerprint density at radius 2 is 1.84 bits per heavy atom. The summed E-state index contributed by atoms with van der Waals surface area (Å²) in [6, 6.07) is 18.1. The van der Waals surface area contributed by atoms with E-state index in [9.17, 15) is 9.59 Å². The maximum atomic E-state index is 13.1. The van der Waals surface area contributed by atoms with Gasteiger partial charge in [-0.2, -0.15) is 0 Å². The van der Waals surface area contributed by atoms with Crippen molar-refractivity contribution >= 4 is 11.6 Å². The number of carbonyl (C=O) groups excluding carboxylic acids is 1. The summed E-state index contributed by atoms with van der Waals surface area (Å²) in [7, 11) is 0. The molecule has 1 N–H and O–H groups in total. The first-order valence-corrected chi connectivity index (χ1v) is 10.8. The second-order valence-electron chi connectivity index (χ2n) is 7.98. The number of rotatable bonds is 6. The van der Waals surface area contributed by atoms with Crippen LogP contribution in [0.2, 0.25) is 0 Å². The van der Waals surface area contributed by atoms with Crippen molar-refractivity contribution in [2.75, 3.05) is 11.9 Å². The molecule has 0 unspecified atom stereocenters. The predicted molar refractivity (Wildman–Crippen MR) is 122 cm³/mol. The van der Waals surface area contributed by atoms with Gasteiger partial charge in [-0.25, -0.2) is 4.98 Å². The lowest BCUT2D eigenvalue weighted by Gasteiger charge is -2.28. The minimum Gasteiger partial charge on any atom is -0.324 e. The fourth-order valence-electron chi connectivity index (χ4n) is 4.15. The van der Waals surface area contributed by atoms with Crippen molar-refractivity contribution in [2.24, 2.45) is 0 Å². The largest absolute Gasteiger partial charge is 0.324 e. The van der Waals surface area contributed by atoms with Gasteiger partial charge in [-0.1, -0.05) is 55.5 Å². The summed E-state index contributed by atoms with van der Waals surface area (Å²) in [6.07, 6.45) is 1.48. The summed E-state index contributed by atoms with van der Waals surface area (Å²) >= 11 is 0. The maximum Gasteiger partial charge on any atom is 0.257 e. The molecule has 2 aromatic carbocycles. The van der Waals surface area contributed by atoms with Crippen LogP contribution < -0.4 is 10.9 Å². The van der Waals surface area contributed by atoms with E-state index in [1.54, 1.807) is 6.92 Å². The van der Waals surface area contributed by atoms with Crippen LogP contribution in [0, 0.1) is 6.92 Å². The molecule has 1 aliphatic rings. The second-order valence-corrected chi connectivity index (χ2v) is 7.98. The Bertz CT molecular complexity index is 1140. The quantitative estimate of drug-likeness (QED) is 0.670. The molecular weight excluding hydrogens is 388 g/mol. The molecule has 6 nitrogen and oxygen atoms in total. The average molecular weight is 417 g/mol. The fraction of sp³-hybridized carbons (Fsp3) is 0.320. The number of anilines is 1. The highest BCUT2D eigenvalue weighted by molar-refractivity contribution is 5.91. The number of benzene rings is 2. The van der Waals surface area contributed by atoms with Gasteiger partial charge in [0.05, 0.1) is 5.69 Å². The third-order valence-corrected chi connectivity index (χ3v) is 5.81. The minimum atomic E-state index is -0.214. The van der Waals surface area contributed by atoms with E-state index in [0.717, 1.165) is 42.0 Å². The van der Waals surface area contributed by atoms with Gasteiger partial charge in [-0.3, -0.25) is 19.1 Å². The van der Waals surface area contributed by atoms with Gasteiger partial charge >= 0.3 is 0 Å². The Hall–Kier alpha value is -3.25. The fourth-order valence-corrected chi connectivity index (χ4v) is 4.15. The van der Waals surface area contributed by atoms with Crippen LogP contribution in [0.5, 0.6) is 0 Å². The van der Waals surface area contributed by atoms with Crippen LogP contribution in [0.15, 0.2) is 59.4 Å². The molecule has 1 amide bonds. The normalized spacial score (nSPS) is 13.6. The van der Waals surface area contributed by atoms with Gasteiger partial charge in [0.25, 0.3) is 5.56 Å². The third-order valence-electron chi connectivity index (χ3n) is 5.81. The number of carbonyl (C=O) groups is 1. The molecule has 0 spiro atoms. The molecule has 2 heterocycles. The Labute approximate surface area is 182 Å². The van der Waals surface area contributed by atoms with Gasteiger partial charge in [0.2, 0.25) is 5.91 Å². The summed E-state index contributed by atoms with van der Waals surface area (Å²) in [5.41, 5.74) is 4.58. The Morgan fingerprint density at radius 3 is 2.61 bits per heavy atom. The number of fused-ring (bicyclic) bond motifs is 1. The van der Waals surface area contributed by atoms with Crippen molar-refractivity contribution in [3.63, 3.8) is 0 Å². The zero-order chi connectivity index (χ0) is 21.8. The van der Waals surface area contributed by atoms with Gasteiger partial charge in [0, 0.05) is 30.9 Å². The molecule has 4 rings (SSSR count). The van der Waals surface area contributed by atoms with E-state index < -0.39 is 0 Å². The highest BCUT2D eigenvalue weighted by atomic mass is 16.2. The van der Waals surface area contributed by atoms with E-state index in [0.29, 0.717) is 18.8 Å². The first-order chi connectivity index (χ1) is 15.0. The van der Waals surface area contributed by atoms with Gasteiger partial charge in [0.1, 0.15) is 12.4 Å². The highest BCUT2D eigenvalue weighted by Crippen LogP contribution is 2.18. The number of aromatic nitrogens is 2. The first-order valence-electron chi connectivity index (χ1n) is 10.8. The van der Waals surface area contributed by atoms with Crippen LogP contribution in [0.1, 0.15) is 35.1 Å². The molecule has 0 atom stereocenters. The molecule has 0 radical (unpaired) electrons. The average Bonchev–Trinajstić information content (AvgIpc) is 2.77. The Morgan fingerprint density at radius 1 is 1.10 bits per heavy atom. The molecule has 0 fully saturated rings. The molecule has 3 aromatic rings. The lowest BCUT2D eigenvalue weighted by Crippen LogP contribution is -2.39. The predicted octanol–water partition coefficient (Wildman–Crippen LogP) is 3.31. The second kappa shape index (κ2) is 9.27. The maximum absolute atomic E-state index is 13.1. The van der Waals surface area contributed by atoms with Crippen LogP contribution >= 0.6 is 0 Å². The Kier molecular flexibility index (Phi) is 6.28. The summed E-state index contributed by atoms with van der Waals surface area (Å²) in [4.78, 5) is 32.8. The molecule has 0 aliphatic carbocycles. The van der Waals surface area contributed by atoms with Crippen LogP contribution in [0.4, 0.5) is 5.69 Å². The monoisotopic (exact) mass is 416 g/mol. The number of hydrogen-bond donors (Lipinski definition) is 1. The summed E-state index contributed by atoms with van der Waals surface area (Å²) < 4.78 is 1.50. The van der Waals surface area contributed by atoms with Crippen LogP contribution in [-0.4, -0.2) is 26.9 Å². The number of para-hydroxylation sites is 1. The number of hydrogen-bond acceptors (Lipinski definition) is 4. The van der Waals surface area contributed by atoms with Crippen molar-refractivity contribution in [3.8, 4) is 0 Å². The number of amides is 1. The third kappa shape index (κ3) is 4.75. The molecule has 0 saturated carbocycles. The zero-order valence-electron chi connectivity index (χ0n) is 18.1. The number of aryl methyl sites for hydroxylation is 2. The molecule has 0 saturated heterocycles. The van der Waals surface area contributed by atoms with Crippen LogP contribution in [-0.2, 0) is 37.3 Å². The van der Waals surface area contributed by atoms with Crippen LogP contribution in [0.3, 0.4) is 0 Å². The van der Waals surface area contributed by atoms with Crippen molar-refractivity contribution in [2.45, 2.75) is 46.3 Å². The molecule has 1 aromatic heterocycles. The van der Waals surface area contributed by atoms with Crippen molar-refractivity contribution in [1.29, 1.82) is 0 Å². The summed E-state index contributed by atoms with van der Waals surface area (Å²) in [5, 5.41) is 2.94. The molecular formula is C25H28N4O2. The number of nitrogens with zero attached hydrogens (tertiary/aromatic N) is 3. The van der Waals surface area contributed by atoms with Gasteiger partial charge < -0.3 is 5.32 Å². The van der Waals surface area contributed by atoms with Crippen molar-refractivity contribution < 1.29 is 4.79 Å². The molecule has 6 heteroatoms. The van der Waals surface area contributed by atoms with E-state index in [2.05, 4.69) is 22.3 Å². The van der Waals surface area contributed by atoms with E-state index in [1.807, 2.05) is 49.4 Å².